The summed E-state index contributed by atoms with van der Waals surface area (Å²) in [4.78, 5) is 8.38. The van der Waals surface area contributed by atoms with E-state index in [1.54, 1.807) is 0 Å². The number of benzene rings is 4. The number of aliphatic hydroxyl groups is 16. The van der Waals surface area contributed by atoms with E-state index in [0.717, 1.165) is 0 Å². The molecule has 25 nitrogen and oxygen atoms in total. The fourth-order valence-corrected chi connectivity index (χ4v) is 19.3. The van der Waals surface area contributed by atoms with E-state index < -0.39 is 373 Å². The standard InChI is InChI=1S/C71H61F16N5O20S4/c1-92-8-14-15(9-92)51-29(33-40(78)48(86)67(49(87)41(33)79)116-71-63(108)59(104)55(100)25(13-96)112-71)21-7-5-19(90-21)27(31-36(74)44(82)65(45(83)37(31)75)114-69-61(106)57(102)53(98)23(11-94)110-69)17-3-2-16(88-17)26(30-34(72)42(80)64(43(81)35(30)73)113-68-60(105)56(101)52(97)22(10-93)109-68)18-4-6-20(89-18)28(50(14)91-51)32-38(76)46(84)66(47(85)39(32)77)115-70-62(107)58(103)54(99)24(12-95)111-70/h2-7,14-15,22-25,52-63,68-71,89-90,93-108H,8-13H2,1H3/t14-,15+,22-,23-,24-,25-,52-,53-,54-,55-,56+,57+,58+,59+,60+,61+,62+,63+,68-,69-,70-,71-/m1/s1. The molecule has 10 heterocycles. The summed E-state index contributed by atoms with van der Waals surface area (Å²) in [7, 11) is 1.32. The predicted octanol–water partition coefficient (Wildman–Crippen LogP) is 4.76. The van der Waals surface area contributed by atoms with Crippen LogP contribution in [0, 0.1) is 93.1 Å². The third kappa shape index (κ3) is 14.2. The molecule has 0 amide bonds. The van der Waals surface area contributed by atoms with E-state index in [1.165, 1.54) is 11.9 Å². The molecule has 0 saturated carbocycles. The first-order chi connectivity index (χ1) is 54.9. The Morgan fingerprint density at radius 3 is 0.750 bits per heavy atom. The maximum atomic E-state index is 18.0. The van der Waals surface area contributed by atoms with Gasteiger partial charge in [0.1, 0.15) is 119 Å². The van der Waals surface area contributed by atoms with Crippen molar-refractivity contribution in [1.29, 1.82) is 0 Å². The average molecular weight is 1740 g/mol. The van der Waals surface area contributed by atoms with Gasteiger partial charge in [0.25, 0.3) is 0 Å². The number of nitrogens with zero attached hydrogens (tertiary/aromatic N) is 3. The first-order valence-electron chi connectivity index (χ1n) is 34.4. The number of fused-ring (bicyclic) bond motifs is 11. The minimum atomic E-state index is -2.47. The Kier molecular flexibility index (Phi) is 24.3. The van der Waals surface area contributed by atoms with Crippen LogP contribution < -0.4 is 0 Å². The zero-order valence-electron chi connectivity index (χ0n) is 58.2. The lowest BCUT2D eigenvalue weighted by Gasteiger charge is -2.39. The van der Waals surface area contributed by atoms with E-state index in [4.69, 9.17) is 18.9 Å². The summed E-state index contributed by atoms with van der Waals surface area (Å²) in [5, 5.41) is 167. The predicted molar refractivity (Wildman–Crippen MR) is 372 cm³/mol. The monoisotopic (exact) mass is 1740 g/mol. The van der Waals surface area contributed by atoms with Gasteiger partial charge in [-0.2, -0.15) is 0 Å². The molecule has 5 fully saturated rings. The second-order valence-electron chi connectivity index (χ2n) is 27.7. The van der Waals surface area contributed by atoms with Gasteiger partial charge in [-0.05, 0) is 43.5 Å². The largest absolute Gasteiger partial charge is 0.394 e. The molecular formula is C71H61F16N5O20S4. The van der Waals surface area contributed by atoms with E-state index in [2.05, 4.69) is 19.9 Å². The minimum absolute atomic E-state index is 0.348. The number of H-pyrrole nitrogens is 2. The van der Waals surface area contributed by atoms with Crippen LogP contribution in [0.4, 0.5) is 70.2 Å². The van der Waals surface area contributed by atoms with Crippen LogP contribution >= 0.6 is 47.0 Å². The quantitative estimate of drug-likeness (QED) is 0.0458. The summed E-state index contributed by atoms with van der Waals surface area (Å²) in [6, 6.07) is 2.71. The van der Waals surface area contributed by atoms with Crippen LogP contribution in [0.15, 0.2) is 43.8 Å². The average Bonchev–Trinajstić information content (AvgIpc) is 1.54. The lowest BCUT2D eigenvalue weighted by Crippen LogP contribution is -2.57. The van der Waals surface area contributed by atoms with E-state index in [1.807, 2.05) is 0 Å². The smallest absolute Gasteiger partial charge is 0.176 e. The number of halogens is 16. The maximum absolute atomic E-state index is 18.0. The van der Waals surface area contributed by atoms with Gasteiger partial charge >= 0.3 is 0 Å². The molecule has 8 bridgehead atoms. The van der Waals surface area contributed by atoms with Crippen molar-refractivity contribution in [3.05, 3.63) is 140 Å². The number of ether oxygens (including phenoxy) is 4. The number of nitrogens with one attached hydrogen (secondary N) is 2. The van der Waals surface area contributed by atoms with Gasteiger partial charge in [0, 0.05) is 69.2 Å². The summed E-state index contributed by atoms with van der Waals surface area (Å²) in [5.41, 5.74) is -29.3. The molecule has 7 aliphatic rings. The minimum Gasteiger partial charge on any atom is -0.394 e. The summed E-state index contributed by atoms with van der Waals surface area (Å²) < 4.78 is 303. The molecule has 4 aromatic carbocycles. The van der Waals surface area contributed by atoms with Gasteiger partial charge in [-0.15, -0.1) is 0 Å². The van der Waals surface area contributed by atoms with Crippen LogP contribution in [0.5, 0.6) is 0 Å². The lowest BCUT2D eigenvalue weighted by atomic mass is 9.86. The Morgan fingerprint density at radius 2 is 0.526 bits per heavy atom. The molecular weight excluding hydrogens is 1680 g/mol. The summed E-state index contributed by atoms with van der Waals surface area (Å²) in [6.07, 6.45) is -32.8. The lowest BCUT2D eigenvalue weighted by molar-refractivity contribution is -0.205. The molecule has 0 spiro atoms. The van der Waals surface area contributed by atoms with E-state index in [9.17, 15) is 81.7 Å². The van der Waals surface area contributed by atoms with Crippen molar-refractivity contribution >= 4 is 81.3 Å². The zero-order valence-corrected chi connectivity index (χ0v) is 61.5. The number of likely N-dealkylation sites (N-methyl/N-ethyl adjacent to an activating group) is 1. The molecule has 626 valence electrons. The van der Waals surface area contributed by atoms with Crippen LogP contribution in [0.1, 0.15) is 34.6 Å². The highest BCUT2D eigenvalue weighted by molar-refractivity contribution is 8.00. The third-order valence-electron chi connectivity index (χ3n) is 20.8. The number of aromatic amines is 2. The highest BCUT2D eigenvalue weighted by Crippen LogP contribution is 2.55. The number of aliphatic hydroxyl groups excluding tert-OH is 16. The maximum Gasteiger partial charge on any atom is 0.176 e. The number of aromatic nitrogens is 4. The number of hydrogen-bond acceptors (Lipinski definition) is 27. The fraction of sp³-hybridized carbons (Fsp3) is 0.408. The van der Waals surface area contributed by atoms with Crippen molar-refractivity contribution < 1.29 is 171 Å². The summed E-state index contributed by atoms with van der Waals surface area (Å²) >= 11 is -1.42. The van der Waals surface area contributed by atoms with Crippen LogP contribution in [-0.4, -0.2) is 273 Å². The Labute approximate surface area is 656 Å². The van der Waals surface area contributed by atoms with Crippen LogP contribution in [0.2, 0.25) is 0 Å². The second kappa shape index (κ2) is 33.0. The number of thioether (sulfide) groups is 4. The van der Waals surface area contributed by atoms with E-state index in [0.29, 0.717) is 36.4 Å². The molecule has 0 aliphatic carbocycles. The van der Waals surface area contributed by atoms with Gasteiger partial charge < -0.3 is 116 Å². The topological polar surface area (TPSA) is 421 Å². The van der Waals surface area contributed by atoms with Crippen molar-refractivity contribution in [1.82, 2.24) is 24.8 Å². The van der Waals surface area contributed by atoms with Crippen molar-refractivity contribution in [3.63, 3.8) is 0 Å². The van der Waals surface area contributed by atoms with Gasteiger partial charge in [-0.1, -0.05) is 47.0 Å². The molecule has 22 atom stereocenters. The highest BCUT2D eigenvalue weighted by atomic mass is 32.2. The summed E-state index contributed by atoms with van der Waals surface area (Å²) in [5.74, 6) is -42.2. The van der Waals surface area contributed by atoms with Crippen molar-refractivity contribution in [2.24, 2.45) is 0 Å². The van der Waals surface area contributed by atoms with Crippen LogP contribution in [0.25, 0.3) is 78.7 Å². The molecule has 0 unspecified atom stereocenters. The van der Waals surface area contributed by atoms with Gasteiger partial charge in [-0.25, -0.2) is 75.2 Å². The normalized spacial score (nSPS) is 30.3. The van der Waals surface area contributed by atoms with Crippen LogP contribution in [-0.2, 0) is 18.9 Å². The number of hydrogen-bond donors (Lipinski definition) is 18. The molecule has 3 aromatic heterocycles. The summed E-state index contributed by atoms with van der Waals surface area (Å²) in [6.45, 7) is -5.55. The van der Waals surface area contributed by atoms with Gasteiger partial charge in [0.05, 0.1) is 91.0 Å². The molecule has 7 aliphatic heterocycles. The molecule has 18 N–H and O–H groups in total. The zero-order chi connectivity index (χ0) is 84.0. The van der Waals surface area contributed by atoms with Gasteiger partial charge in [0.15, 0.2) is 93.1 Å². The first-order valence-corrected chi connectivity index (χ1v) is 38.0. The van der Waals surface area contributed by atoms with Gasteiger partial charge in [0.2, 0.25) is 0 Å². The molecule has 116 heavy (non-hydrogen) atoms. The first kappa shape index (κ1) is 85.6. The Bertz CT molecular complexity index is 4870. The molecule has 0 radical (unpaired) electrons. The Balaban J connectivity index is 1.11. The highest BCUT2D eigenvalue weighted by Gasteiger charge is 2.52. The SMILES string of the molecule is CN1C[C@@H]2c3nc(c(-c4c(F)c(F)c(S[C@H]5O[C@H](CO)[C@@H](O)[C@H](O)[C@@H]5O)c(F)c4F)c4ccc([nH]4)c(-c4c(F)c(F)c(S[C@H]5O[C@H](CO)[C@@H](O)[C@H](O)[C@@H]5O)c(F)c4F)c4nc(c(-c5c(F)c(F)c(S[C@H]6O[C@H](CO)[C@@H](O)[C@H](O)[C@@H]6O)c(F)c5F)c5ccc([nH]5)c3-c3c(F)c(F)c(S[C@H]5O[C@H](CO)[C@@H](O)[C@H](O)[C@@H]5O)c(F)c3F)C=C4)[C@@H]2C1. The van der Waals surface area contributed by atoms with Crippen molar-refractivity contribution in [2.45, 2.75) is 151 Å². The van der Waals surface area contributed by atoms with E-state index >= 15 is 70.2 Å². The van der Waals surface area contributed by atoms with Crippen molar-refractivity contribution in [2.75, 3.05) is 46.6 Å². The number of likely N-dealkylation sites (tertiary alicyclic amines) is 1. The number of rotatable bonds is 16. The Hall–Kier alpha value is -6.82. The third-order valence-corrected chi connectivity index (χ3v) is 25.6. The van der Waals surface area contributed by atoms with E-state index in [-0.39, 0.29) is 47.0 Å². The van der Waals surface area contributed by atoms with Gasteiger partial charge in [-0.3, -0.25) is 4.98 Å². The van der Waals surface area contributed by atoms with Crippen LogP contribution in [0.3, 0.4) is 0 Å². The Morgan fingerprint density at radius 1 is 0.310 bits per heavy atom. The fourth-order valence-electron chi connectivity index (χ4n) is 14.8. The molecule has 45 heteroatoms. The second-order valence-corrected chi connectivity index (χ2v) is 32.1. The molecule has 7 aromatic rings. The van der Waals surface area contributed by atoms with Crippen molar-refractivity contribution in [3.8, 4) is 44.5 Å². The molecule has 14 rings (SSSR count). The molecule has 5 saturated heterocycles.